The third-order valence-electron chi connectivity index (χ3n) is 5.07. The minimum atomic E-state index is -0.471. The third-order valence-corrected chi connectivity index (χ3v) is 5.07. The summed E-state index contributed by atoms with van der Waals surface area (Å²) in [6.07, 6.45) is 1.19. The third kappa shape index (κ3) is 5.14. The Morgan fingerprint density at radius 2 is 1.48 bits per heavy atom. The Kier molecular flexibility index (Phi) is 6.22. The minimum absolute atomic E-state index is 0.181. The number of benzene rings is 3. The fourth-order valence-corrected chi connectivity index (χ4v) is 3.71. The SMILES string of the molecule is CCc1ccc(-c2cccc(-c3ccccc3)c2C)cc1CC(=O)OC(C)(C)C. The summed E-state index contributed by atoms with van der Waals surface area (Å²) >= 11 is 0. The molecule has 29 heavy (non-hydrogen) atoms. The van der Waals surface area contributed by atoms with Gasteiger partial charge in [-0.3, -0.25) is 4.79 Å². The number of esters is 1. The van der Waals surface area contributed by atoms with Crippen molar-refractivity contribution >= 4 is 5.97 Å². The van der Waals surface area contributed by atoms with E-state index in [1.54, 1.807) is 0 Å². The maximum Gasteiger partial charge on any atom is 0.310 e. The number of carbonyl (C=O) groups excluding carboxylic acids is 1. The second kappa shape index (κ2) is 8.65. The van der Waals surface area contributed by atoms with E-state index in [-0.39, 0.29) is 5.97 Å². The summed E-state index contributed by atoms with van der Waals surface area (Å²) in [6.45, 7) is 10.00. The molecule has 0 bridgehead atoms. The average molecular weight is 387 g/mol. The molecule has 3 rings (SSSR count). The van der Waals surface area contributed by atoms with Crippen molar-refractivity contribution in [3.8, 4) is 22.3 Å². The highest BCUT2D eigenvalue weighted by atomic mass is 16.6. The van der Waals surface area contributed by atoms with Gasteiger partial charge in [-0.1, -0.05) is 73.7 Å². The largest absolute Gasteiger partial charge is 0.460 e. The number of carbonyl (C=O) groups is 1. The van der Waals surface area contributed by atoms with E-state index in [0.717, 1.165) is 17.5 Å². The standard InChI is InChI=1S/C27H30O2/c1-6-20-15-16-22(17-23(20)18-26(28)29-27(3,4)5)25-14-10-13-24(19(25)2)21-11-8-7-9-12-21/h7-17H,6,18H2,1-5H3. The summed E-state index contributed by atoms with van der Waals surface area (Å²) in [4.78, 5) is 12.4. The summed E-state index contributed by atoms with van der Waals surface area (Å²) in [5.74, 6) is -0.181. The van der Waals surface area contributed by atoms with Crippen LogP contribution in [0.25, 0.3) is 22.3 Å². The van der Waals surface area contributed by atoms with Gasteiger partial charge < -0.3 is 4.74 Å². The molecule has 0 aromatic heterocycles. The van der Waals surface area contributed by atoms with E-state index in [0.29, 0.717) is 6.42 Å². The first-order valence-corrected chi connectivity index (χ1v) is 10.3. The number of aryl methyl sites for hydroxylation is 1. The first-order valence-electron chi connectivity index (χ1n) is 10.3. The molecule has 0 atom stereocenters. The summed E-state index contributed by atoms with van der Waals surface area (Å²) in [6, 6.07) is 23.3. The molecule has 0 spiro atoms. The second-order valence-electron chi connectivity index (χ2n) is 8.44. The molecule has 0 radical (unpaired) electrons. The molecule has 3 aromatic carbocycles. The van der Waals surface area contributed by atoms with Crippen LogP contribution in [-0.4, -0.2) is 11.6 Å². The Bertz CT molecular complexity index is 995. The van der Waals surface area contributed by atoms with Crippen molar-refractivity contribution in [2.24, 2.45) is 0 Å². The van der Waals surface area contributed by atoms with E-state index in [1.807, 2.05) is 26.8 Å². The number of hydrogen-bond acceptors (Lipinski definition) is 2. The van der Waals surface area contributed by atoms with Crippen LogP contribution in [0.4, 0.5) is 0 Å². The molecule has 0 N–H and O–H groups in total. The molecular weight excluding hydrogens is 356 g/mol. The maximum absolute atomic E-state index is 12.4. The predicted octanol–water partition coefficient (Wildman–Crippen LogP) is 6.78. The Morgan fingerprint density at radius 3 is 2.10 bits per heavy atom. The Labute approximate surface area is 174 Å². The van der Waals surface area contributed by atoms with Crippen molar-refractivity contribution in [3.63, 3.8) is 0 Å². The highest BCUT2D eigenvalue weighted by Crippen LogP contribution is 2.33. The Morgan fingerprint density at radius 1 is 0.828 bits per heavy atom. The van der Waals surface area contributed by atoms with Crippen LogP contribution in [0.3, 0.4) is 0 Å². The normalized spacial score (nSPS) is 11.3. The first-order chi connectivity index (χ1) is 13.8. The molecule has 2 heteroatoms. The van der Waals surface area contributed by atoms with Crippen LogP contribution < -0.4 is 0 Å². The fourth-order valence-electron chi connectivity index (χ4n) is 3.71. The van der Waals surface area contributed by atoms with Crippen LogP contribution in [0, 0.1) is 6.92 Å². The highest BCUT2D eigenvalue weighted by Gasteiger charge is 2.18. The van der Waals surface area contributed by atoms with E-state index < -0.39 is 5.60 Å². The lowest BCUT2D eigenvalue weighted by molar-refractivity contribution is -0.153. The average Bonchev–Trinajstić information content (AvgIpc) is 2.67. The van der Waals surface area contributed by atoms with Crippen LogP contribution in [0.15, 0.2) is 66.7 Å². The summed E-state index contributed by atoms with van der Waals surface area (Å²) in [7, 11) is 0. The van der Waals surface area contributed by atoms with Crippen molar-refractivity contribution in [1.82, 2.24) is 0 Å². The quantitative estimate of drug-likeness (QED) is 0.452. The van der Waals surface area contributed by atoms with Gasteiger partial charge in [0, 0.05) is 0 Å². The van der Waals surface area contributed by atoms with Crippen LogP contribution in [0.2, 0.25) is 0 Å². The van der Waals surface area contributed by atoms with E-state index in [4.69, 9.17) is 4.74 Å². The van der Waals surface area contributed by atoms with Crippen LogP contribution in [0.1, 0.15) is 44.4 Å². The zero-order valence-electron chi connectivity index (χ0n) is 18.1. The zero-order chi connectivity index (χ0) is 21.0. The van der Waals surface area contributed by atoms with Gasteiger partial charge in [0.25, 0.3) is 0 Å². The molecule has 0 heterocycles. The zero-order valence-corrected chi connectivity index (χ0v) is 18.1. The molecule has 0 amide bonds. The first kappa shape index (κ1) is 20.9. The summed E-state index contributed by atoms with van der Waals surface area (Å²) < 4.78 is 5.55. The lowest BCUT2D eigenvalue weighted by atomic mass is 9.90. The molecule has 0 saturated carbocycles. The fraction of sp³-hybridized carbons (Fsp3) is 0.296. The van der Waals surface area contributed by atoms with Crippen LogP contribution in [0.5, 0.6) is 0 Å². The van der Waals surface area contributed by atoms with Crippen molar-refractivity contribution < 1.29 is 9.53 Å². The molecule has 0 unspecified atom stereocenters. The van der Waals surface area contributed by atoms with E-state index in [9.17, 15) is 4.79 Å². The van der Waals surface area contributed by atoms with Gasteiger partial charge in [0.15, 0.2) is 0 Å². The van der Waals surface area contributed by atoms with E-state index in [2.05, 4.69) is 74.5 Å². The van der Waals surface area contributed by atoms with Gasteiger partial charge in [-0.25, -0.2) is 0 Å². The van der Waals surface area contributed by atoms with E-state index >= 15 is 0 Å². The van der Waals surface area contributed by atoms with Crippen molar-refractivity contribution in [3.05, 3.63) is 83.4 Å². The highest BCUT2D eigenvalue weighted by molar-refractivity contribution is 5.80. The van der Waals surface area contributed by atoms with E-state index in [1.165, 1.54) is 27.8 Å². The maximum atomic E-state index is 12.4. The molecule has 0 aliphatic carbocycles. The molecule has 3 aromatic rings. The monoisotopic (exact) mass is 386 g/mol. The van der Waals surface area contributed by atoms with Crippen molar-refractivity contribution in [2.75, 3.05) is 0 Å². The Balaban J connectivity index is 1.99. The van der Waals surface area contributed by atoms with Crippen LogP contribution in [-0.2, 0) is 22.4 Å². The predicted molar refractivity (Wildman–Crippen MR) is 121 cm³/mol. The molecule has 0 fully saturated rings. The summed E-state index contributed by atoms with van der Waals surface area (Å²) in [5, 5.41) is 0. The van der Waals surface area contributed by atoms with Crippen LogP contribution >= 0.6 is 0 Å². The van der Waals surface area contributed by atoms with Gasteiger partial charge in [0.05, 0.1) is 6.42 Å². The topological polar surface area (TPSA) is 26.3 Å². The number of hydrogen-bond donors (Lipinski definition) is 0. The Hall–Kier alpha value is -2.87. The molecule has 0 saturated heterocycles. The number of rotatable bonds is 5. The van der Waals surface area contributed by atoms with Gasteiger partial charge in [0.1, 0.15) is 5.60 Å². The van der Waals surface area contributed by atoms with Gasteiger partial charge in [-0.05, 0) is 73.1 Å². The molecular formula is C27H30O2. The van der Waals surface area contributed by atoms with Crippen molar-refractivity contribution in [2.45, 2.75) is 53.1 Å². The molecule has 150 valence electrons. The van der Waals surface area contributed by atoms with Gasteiger partial charge in [-0.15, -0.1) is 0 Å². The van der Waals surface area contributed by atoms with Gasteiger partial charge in [0.2, 0.25) is 0 Å². The number of ether oxygens (including phenoxy) is 1. The lowest BCUT2D eigenvalue weighted by Gasteiger charge is -2.20. The molecule has 2 nitrogen and oxygen atoms in total. The summed E-state index contributed by atoms with van der Waals surface area (Å²) in [5.41, 5.74) is 7.78. The molecule has 0 aliphatic heterocycles. The van der Waals surface area contributed by atoms with Gasteiger partial charge >= 0.3 is 5.97 Å². The van der Waals surface area contributed by atoms with Gasteiger partial charge in [-0.2, -0.15) is 0 Å². The van der Waals surface area contributed by atoms with Crippen molar-refractivity contribution in [1.29, 1.82) is 0 Å². The minimum Gasteiger partial charge on any atom is -0.460 e. The second-order valence-corrected chi connectivity index (χ2v) is 8.44. The molecule has 0 aliphatic rings. The smallest absolute Gasteiger partial charge is 0.310 e. The lowest BCUT2D eigenvalue weighted by Crippen LogP contribution is -2.25.